The van der Waals surface area contributed by atoms with Gasteiger partial charge in [-0.05, 0) is 25.8 Å². The number of benzene rings is 1. The molecule has 0 saturated heterocycles. The van der Waals surface area contributed by atoms with E-state index in [1.54, 1.807) is 14.0 Å². The summed E-state index contributed by atoms with van der Waals surface area (Å²) in [5.41, 5.74) is 2.44. The van der Waals surface area contributed by atoms with E-state index in [1.165, 1.54) is 16.0 Å². The number of aryl methyl sites for hydroxylation is 1. The first kappa shape index (κ1) is 14.5. The molecular weight excluding hydrogens is 228 g/mol. The van der Waals surface area contributed by atoms with Crippen LogP contribution in [0.15, 0.2) is 24.3 Å². The second-order valence-electron chi connectivity index (χ2n) is 4.61. The summed E-state index contributed by atoms with van der Waals surface area (Å²) < 4.78 is 0. The van der Waals surface area contributed by atoms with E-state index in [0.717, 1.165) is 6.42 Å². The molecule has 0 saturated carbocycles. The number of carbonyl (C=O) groups excluding carboxylic acids is 1. The molecule has 0 aliphatic heterocycles. The number of rotatable bonds is 5. The summed E-state index contributed by atoms with van der Waals surface area (Å²) in [5, 5.41) is 11.8. The monoisotopic (exact) mass is 250 g/mol. The van der Waals surface area contributed by atoms with Crippen molar-refractivity contribution in [3.63, 3.8) is 0 Å². The van der Waals surface area contributed by atoms with Crippen LogP contribution in [0.3, 0.4) is 0 Å². The highest BCUT2D eigenvalue weighted by atomic mass is 16.3. The lowest BCUT2D eigenvalue weighted by Crippen LogP contribution is -2.44. The van der Waals surface area contributed by atoms with Crippen molar-refractivity contribution >= 4 is 6.03 Å². The van der Waals surface area contributed by atoms with Crippen LogP contribution in [0.4, 0.5) is 4.79 Å². The third-order valence-corrected chi connectivity index (χ3v) is 3.06. The number of carbonyl (C=O) groups is 1. The number of aliphatic hydroxyl groups is 1. The van der Waals surface area contributed by atoms with Gasteiger partial charge in [0.25, 0.3) is 0 Å². The van der Waals surface area contributed by atoms with Crippen molar-refractivity contribution in [1.29, 1.82) is 0 Å². The van der Waals surface area contributed by atoms with Crippen molar-refractivity contribution in [3.05, 3.63) is 35.4 Å². The van der Waals surface area contributed by atoms with E-state index in [9.17, 15) is 4.79 Å². The third-order valence-electron chi connectivity index (χ3n) is 3.06. The van der Waals surface area contributed by atoms with Crippen LogP contribution in [-0.2, 0) is 6.42 Å². The zero-order chi connectivity index (χ0) is 13.5. The van der Waals surface area contributed by atoms with Gasteiger partial charge in [0.05, 0.1) is 12.6 Å². The van der Waals surface area contributed by atoms with Crippen LogP contribution in [-0.4, -0.2) is 42.3 Å². The molecule has 100 valence electrons. The smallest absolute Gasteiger partial charge is 0.317 e. The fraction of sp³-hybridized carbons (Fsp3) is 0.500. The minimum absolute atomic E-state index is 0.0259. The highest BCUT2D eigenvalue weighted by Gasteiger charge is 2.13. The molecule has 0 aliphatic carbocycles. The van der Waals surface area contributed by atoms with Gasteiger partial charge in [0.2, 0.25) is 0 Å². The summed E-state index contributed by atoms with van der Waals surface area (Å²) in [6.45, 7) is 4.43. The fourth-order valence-corrected chi connectivity index (χ4v) is 1.52. The van der Waals surface area contributed by atoms with Gasteiger partial charge in [-0.25, -0.2) is 4.79 Å². The Kier molecular flexibility index (Phi) is 5.65. The first-order valence-electron chi connectivity index (χ1n) is 6.21. The second kappa shape index (κ2) is 7.01. The van der Waals surface area contributed by atoms with Crippen molar-refractivity contribution in [2.24, 2.45) is 0 Å². The maximum atomic E-state index is 11.7. The quantitative estimate of drug-likeness (QED) is 0.833. The van der Waals surface area contributed by atoms with Gasteiger partial charge in [-0.3, -0.25) is 0 Å². The first-order chi connectivity index (χ1) is 8.54. The number of aliphatic hydroxyl groups excluding tert-OH is 1. The maximum absolute atomic E-state index is 11.7. The van der Waals surface area contributed by atoms with E-state index in [2.05, 4.69) is 36.5 Å². The van der Waals surface area contributed by atoms with Gasteiger partial charge in [-0.1, -0.05) is 29.8 Å². The van der Waals surface area contributed by atoms with Crippen LogP contribution in [0.1, 0.15) is 18.1 Å². The zero-order valence-electron chi connectivity index (χ0n) is 11.3. The second-order valence-corrected chi connectivity index (χ2v) is 4.61. The van der Waals surface area contributed by atoms with Gasteiger partial charge in [0.15, 0.2) is 0 Å². The van der Waals surface area contributed by atoms with Crippen LogP contribution in [0.5, 0.6) is 0 Å². The molecule has 2 N–H and O–H groups in total. The highest BCUT2D eigenvalue weighted by molar-refractivity contribution is 5.74. The van der Waals surface area contributed by atoms with Gasteiger partial charge in [-0.15, -0.1) is 0 Å². The molecule has 1 aromatic carbocycles. The molecule has 2 amide bonds. The summed E-state index contributed by atoms with van der Waals surface area (Å²) in [6, 6.07) is 7.96. The summed E-state index contributed by atoms with van der Waals surface area (Å²) in [7, 11) is 1.68. The van der Waals surface area contributed by atoms with E-state index in [1.807, 2.05) is 0 Å². The number of likely N-dealkylation sites (N-methyl/N-ethyl adjacent to an activating group) is 1. The van der Waals surface area contributed by atoms with Crippen molar-refractivity contribution in [3.8, 4) is 0 Å². The Morgan fingerprint density at radius 1 is 1.39 bits per heavy atom. The predicted octanol–water partition coefficient (Wildman–Crippen LogP) is 1.56. The van der Waals surface area contributed by atoms with Crippen molar-refractivity contribution in [1.82, 2.24) is 10.2 Å². The standard InChI is InChI=1S/C14H22N2O2/c1-11-4-6-13(7-5-11)8-9-15-14(18)16(3)12(2)10-17/h4-7,12,17H,8-10H2,1-3H3,(H,15,18). The lowest BCUT2D eigenvalue weighted by molar-refractivity contribution is 0.157. The lowest BCUT2D eigenvalue weighted by Gasteiger charge is -2.23. The number of hydrogen-bond acceptors (Lipinski definition) is 2. The summed E-state index contributed by atoms with van der Waals surface area (Å²) in [5.74, 6) is 0. The Balaban J connectivity index is 2.33. The van der Waals surface area contributed by atoms with E-state index in [4.69, 9.17) is 5.11 Å². The van der Waals surface area contributed by atoms with E-state index in [-0.39, 0.29) is 18.7 Å². The first-order valence-corrected chi connectivity index (χ1v) is 6.21. The minimum Gasteiger partial charge on any atom is -0.394 e. The van der Waals surface area contributed by atoms with E-state index < -0.39 is 0 Å². The predicted molar refractivity (Wildman–Crippen MR) is 72.6 cm³/mol. The van der Waals surface area contributed by atoms with Crippen LogP contribution in [0.25, 0.3) is 0 Å². The Hall–Kier alpha value is -1.55. The van der Waals surface area contributed by atoms with Gasteiger partial charge in [0.1, 0.15) is 0 Å². The molecule has 4 heteroatoms. The Morgan fingerprint density at radius 2 is 2.00 bits per heavy atom. The number of hydrogen-bond donors (Lipinski definition) is 2. The SMILES string of the molecule is Cc1ccc(CCNC(=O)N(C)C(C)CO)cc1. The molecule has 1 unspecified atom stereocenters. The molecule has 0 aromatic heterocycles. The molecule has 1 rings (SSSR count). The summed E-state index contributed by atoms with van der Waals surface area (Å²) >= 11 is 0. The van der Waals surface area contributed by atoms with Crippen LogP contribution in [0, 0.1) is 6.92 Å². The van der Waals surface area contributed by atoms with Crippen LogP contribution in [0.2, 0.25) is 0 Å². The van der Waals surface area contributed by atoms with Crippen LogP contribution < -0.4 is 5.32 Å². The Labute approximate surface area is 109 Å². The molecule has 0 fully saturated rings. The topological polar surface area (TPSA) is 52.6 Å². The van der Waals surface area contributed by atoms with Gasteiger partial charge < -0.3 is 15.3 Å². The molecule has 0 radical (unpaired) electrons. The van der Waals surface area contributed by atoms with E-state index in [0.29, 0.717) is 6.54 Å². The number of amides is 2. The largest absolute Gasteiger partial charge is 0.394 e. The summed E-state index contributed by atoms with van der Waals surface area (Å²) in [4.78, 5) is 13.2. The molecule has 0 spiro atoms. The molecule has 0 aliphatic rings. The maximum Gasteiger partial charge on any atom is 0.317 e. The molecule has 1 aromatic rings. The highest BCUT2D eigenvalue weighted by Crippen LogP contribution is 2.03. The van der Waals surface area contributed by atoms with Gasteiger partial charge in [-0.2, -0.15) is 0 Å². The summed E-state index contributed by atoms with van der Waals surface area (Å²) in [6.07, 6.45) is 0.813. The van der Waals surface area contributed by atoms with Crippen molar-refractivity contribution in [2.45, 2.75) is 26.3 Å². The zero-order valence-corrected chi connectivity index (χ0v) is 11.3. The molecule has 0 heterocycles. The molecule has 0 bridgehead atoms. The number of nitrogens with zero attached hydrogens (tertiary/aromatic N) is 1. The average Bonchev–Trinajstić information content (AvgIpc) is 2.39. The lowest BCUT2D eigenvalue weighted by atomic mass is 10.1. The van der Waals surface area contributed by atoms with Crippen molar-refractivity contribution < 1.29 is 9.90 Å². The molecule has 1 atom stereocenters. The molecular formula is C14H22N2O2. The Morgan fingerprint density at radius 3 is 2.56 bits per heavy atom. The molecule has 18 heavy (non-hydrogen) atoms. The van der Waals surface area contributed by atoms with Crippen molar-refractivity contribution in [2.75, 3.05) is 20.2 Å². The molecule has 4 nitrogen and oxygen atoms in total. The Bertz CT molecular complexity index is 376. The van der Waals surface area contributed by atoms with E-state index >= 15 is 0 Å². The number of nitrogens with one attached hydrogen (secondary N) is 1. The van der Waals surface area contributed by atoms with Gasteiger partial charge >= 0.3 is 6.03 Å². The third kappa shape index (κ3) is 4.37. The van der Waals surface area contributed by atoms with Gasteiger partial charge in [0, 0.05) is 13.6 Å². The fourth-order valence-electron chi connectivity index (χ4n) is 1.52. The number of urea groups is 1. The van der Waals surface area contributed by atoms with Crippen LogP contribution >= 0.6 is 0 Å². The average molecular weight is 250 g/mol. The normalized spacial score (nSPS) is 12.0. The minimum atomic E-state index is -0.163.